The first-order chi connectivity index (χ1) is 10.6. The highest BCUT2D eigenvalue weighted by molar-refractivity contribution is 7.23. The number of anilines is 1. The Balaban J connectivity index is 2.49. The number of esters is 1. The minimum absolute atomic E-state index is 0.0171. The summed E-state index contributed by atoms with van der Waals surface area (Å²) >= 11 is 1.13. The zero-order chi connectivity index (χ0) is 16.1. The Morgan fingerprint density at radius 1 is 1.36 bits per heavy atom. The van der Waals surface area contributed by atoms with Gasteiger partial charge in [0, 0.05) is 16.6 Å². The van der Waals surface area contributed by atoms with Crippen molar-refractivity contribution in [2.24, 2.45) is 0 Å². The molecule has 0 atom stereocenters. The molecule has 0 radical (unpaired) electrons. The lowest BCUT2D eigenvalue weighted by Crippen LogP contribution is -2.32. The van der Waals surface area contributed by atoms with Crippen molar-refractivity contribution in [1.82, 2.24) is 0 Å². The number of thiophene rings is 1. The van der Waals surface area contributed by atoms with Crippen molar-refractivity contribution in [2.45, 2.75) is 20.3 Å². The Morgan fingerprint density at radius 3 is 2.73 bits per heavy atom. The van der Waals surface area contributed by atoms with Gasteiger partial charge in [-0.2, -0.15) is 0 Å². The van der Waals surface area contributed by atoms with Crippen LogP contribution in [-0.2, 0) is 9.53 Å². The first-order valence-corrected chi connectivity index (χ1v) is 7.96. The molecule has 0 spiro atoms. The van der Waals surface area contributed by atoms with Crippen LogP contribution >= 0.6 is 11.3 Å². The number of carbonyl (C=O) groups is 1. The van der Waals surface area contributed by atoms with E-state index in [0.29, 0.717) is 18.8 Å². The van der Waals surface area contributed by atoms with Crippen LogP contribution in [0.15, 0.2) is 24.3 Å². The summed E-state index contributed by atoms with van der Waals surface area (Å²) in [5, 5.41) is 12.3. The molecule has 0 saturated heterocycles. The fourth-order valence-corrected chi connectivity index (χ4v) is 3.39. The van der Waals surface area contributed by atoms with Gasteiger partial charge in [-0.25, -0.2) is 0 Å². The van der Waals surface area contributed by atoms with E-state index >= 15 is 0 Å². The zero-order valence-corrected chi connectivity index (χ0v) is 13.4. The van der Waals surface area contributed by atoms with Crippen molar-refractivity contribution in [1.29, 1.82) is 0 Å². The van der Waals surface area contributed by atoms with E-state index < -0.39 is 0 Å². The standard InChI is InChI=1S/C15H18N2O4S/c1-3-9-16(10-13(18)21-4-2)14-11-7-5-6-8-12(11)22-15(14)17(19)20/h5-8H,3-4,9-10H2,1-2H3. The van der Waals surface area contributed by atoms with E-state index in [0.717, 1.165) is 27.8 Å². The third-order valence-electron chi connectivity index (χ3n) is 3.15. The van der Waals surface area contributed by atoms with Crippen molar-refractivity contribution in [2.75, 3.05) is 24.6 Å². The molecule has 0 saturated carbocycles. The highest BCUT2D eigenvalue weighted by Gasteiger charge is 2.27. The van der Waals surface area contributed by atoms with Gasteiger partial charge in [0.05, 0.1) is 11.5 Å². The highest BCUT2D eigenvalue weighted by atomic mass is 32.1. The molecule has 118 valence electrons. The van der Waals surface area contributed by atoms with Gasteiger partial charge < -0.3 is 9.64 Å². The topological polar surface area (TPSA) is 72.7 Å². The molecule has 2 aromatic rings. The van der Waals surface area contributed by atoms with Gasteiger partial charge in [0.2, 0.25) is 0 Å². The highest BCUT2D eigenvalue weighted by Crippen LogP contribution is 2.43. The van der Waals surface area contributed by atoms with E-state index in [1.165, 1.54) is 0 Å². The third-order valence-corrected chi connectivity index (χ3v) is 4.26. The van der Waals surface area contributed by atoms with E-state index in [4.69, 9.17) is 4.74 Å². The minimum Gasteiger partial charge on any atom is -0.465 e. The Bertz CT molecular complexity index is 683. The molecule has 2 rings (SSSR count). The van der Waals surface area contributed by atoms with E-state index in [2.05, 4.69) is 0 Å². The minimum atomic E-state index is -0.381. The number of nitro groups is 1. The van der Waals surface area contributed by atoms with E-state index in [1.54, 1.807) is 11.8 Å². The van der Waals surface area contributed by atoms with Gasteiger partial charge in [-0.1, -0.05) is 36.5 Å². The van der Waals surface area contributed by atoms with Gasteiger partial charge in [0.25, 0.3) is 0 Å². The van der Waals surface area contributed by atoms with Crippen LogP contribution in [0.2, 0.25) is 0 Å². The molecule has 0 aliphatic rings. The number of nitrogens with zero attached hydrogens (tertiary/aromatic N) is 2. The Hall–Kier alpha value is -2.15. The Labute approximate surface area is 132 Å². The van der Waals surface area contributed by atoms with E-state index in [-0.39, 0.29) is 22.4 Å². The van der Waals surface area contributed by atoms with Gasteiger partial charge >= 0.3 is 11.0 Å². The van der Waals surface area contributed by atoms with Crippen molar-refractivity contribution >= 4 is 38.1 Å². The van der Waals surface area contributed by atoms with Crippen molar-refractivity contribution in [3.05, 3.63) is 34.4 Å². The molecule has 1 aromatic carbocycles. The molecule has 0 unspecified atom stereocenters. The molecule has 1 heterocycles. The summed E-state index contributed by atoms with van der Waals surface area (Å²) in [7, 11) is 0. The molecule has 0 bridgehead atoms. The number of ether oxygens (including phenoxy) is 1. The van der Waals surface area contributed by atoms with Crippen LogP contribution in [0, 0.1) is 10.1 Å². The first-order valence-electron chi connectivity index (χ1n) is 7.15. The maximum absolute atomic E-state index is 11.8. The molecular weight excluding hydrogens is 304 g/mol. The first kappa shape index (κ1) is 16.2. The van der Waals surface area contributed by atoms with E-state index in [9.17, 15) is 14.9 Å². The predicted molar refractivity (Wildman–Crippen MR) is 87.6 cm³/mol. The van der Waals surface area contributed by atoms with Crippen LogP contribution in [0.25, 0.3) is 10.1 Å². The maximum atomic E-state index is 11.8. The molecule has 0 aliphatic heterocycles. The number of hydrogen-bond donors (Lipinski definition) is 0. The van der Waals surface area contributed by atoms with Gasteiger partial charge in [-0.15, -0.1) is 0 Å². The average molecular weight is 322 g/mol. The summed E-state index contributed by atoms with van der Waals surface area (Å²) in [6, 6.07) is 7.39. The fourth-order valence-electron chi connectivity index (χ4n) is 2.35. The fraction of sp³-hybridized carbons (Fsp3) is 0.400. The number of carbonyl (C=O) groups excluding carboxylic acids is 1. The lowest BCUT2D eigenvalue weighted by atomic mass is 10.2. The lowest BCUT2D eigenvalue weighted by molar-refractivity contribution is -0.379. The molecule has 0 N–H and O–H groups in total. The molecule has 6 nitrogen and oxygen atoms in total. The summed E-state index contributed by atoms with van der Waals surface area (Å²) in [5.74, 6) is -0.375. The summed E-state index contributed by atoms with van der Waals surface area (Å²) in [4.78, 5) is 24.6. The van der Waals surface area contributed by atoms with Gasteiger partial charge in [-0.05, 0) is 19.4 Å². The number of benzene rings is 1. The predicted octanol–water partition coefficient (Wildman–Crippen LogP) is 3.59. The molecule has 22 heavy (non-hydrogen) atoms. The molecule has 1 aromatic heterocycles. The van der Waals surface area contributed by atoms with Crippen LogP contribution < -0.4 is 4.90 Å². The second kappa shape index (κ2) is 7.22. The molecule has 0 aliphatic carbocycles. The largest absolute Gasteiger partial charge is 0.465 e. The maximum Gasteiger partial charge on any atom is 0.348 e. The van der Waals surface area contributed by atoms with Gasteiger partial charge in [0.1, 0.15) is 12.2 Å². The van der Waals surface area contributed by atoms with Crippen LogP contribution in [0.3, 0.4) is 0 Å². The van der Waals surface area contributed by atoms with Crippen LogP contribution in [-0.4, -0.2) is 30.6 Å². The number of fused-ring (bicyclic) bond motifs is 1. The Morgan fingerprint density at radius 2 is 2.09 bits per heavy atom. The summed E-state index contributed by atoms with van der Waals surface area (Å²) in [5.41, 5.74) is 0.514. The second-order valence-corrected chi connectivity index (χ2v) is 5.77. The summed E-state index contributed by atoms with van der Waals surface area (Å²) in [6.07, 6.45) is 0.779. The smallest absolute Gasteiger partial charge is 0.348 e. The third kappa shape index (κ3) is 3.36. The number of hydrogen-bond acceptors (Lipinski definition) is 6. The second-order valence-electron chi connectivity index (χ2n) is 4.74. The molecule has 0 amide bonds. The Kier molecular flexibility index (Phi) is 5.32. The lowest BCUT2D eigenvalue weighted by Gasteiger charge is -2.21. The average Bonchev–Trinajstić information content (AvgIpc) is 2.86. The summed E-state index contributed by atoms with van der Waals surface area (Å²) in [6.45, 7) is 4.58. The zero-order valence-electron chi connectivity index (χ0n) is 12.6. The molecule has 7 heteroatoms. The summed E-state index contributed by atoms with van der Waals surface area (Å²) < 4.78 is 5.82. The van der Waals surface area contributed by atoms with Crippen LogP contribution in [0.5, 0.6) is 0 Å². The normalized spacial score (nSPS) is 10.6. The van der Waals surface area contributed by atoms with Crippen molar-refractivity contribution in [3.8, 4) is 0 Å². The van der Waals surface area contributed by atoms with Gasteiger partial charge in [-0.3, -0.25) is 14.9 Å². The number of rotatable bonds is 7. The quantitative estimate of drug-likeness (QED) is 0.442. The van der Waals surface area contributed by atoms with Crippen molar-refractivity contribution < 1.29 is 14.5 Å². The van der Waals surface area contributed by atoms with Crippen LogP contribution in [0.1, 0.15) is 20.3 Å². The monoisotopic (exact) mass is 322 g/mol. The van der Waals surface area contributed by atoms with Crippen LogP contribution in [0.4, 0.5) is 10.7 Å². The van der Waals surface area contributed by atoms with Crippen molar-refractivity contribution in [3.63, 3.8) is 0 Å². The molecular formula is C15H18N2O4S. The SMILES string of the molecule is CCCN(CC(=O)OCC)c1c([N+](=O)[O-])sc2ccccc12. The van der Waals surface area contributed by atoms with Gasteiger partial charge in [0.15, 0.2) is 0 Å². The molecule has 0 fully saturated rings. The van der Waals surface area contributed by atoms with E-state index in [1.807, 2.05) is 31.2 Å².